The first-order valence-corrected chi connectivity index (χ1v) is 8.86. The summed E-state index contributed by atoms with van der Waals surface area (Å²) in [4.78, 5) is 27.7. The van der Waals surface area contributed by atoms with Crippen LogP contribution < -0.4 is 9.54 Å². The molecule has 0 saturated heterocycles. The van der Waals surface area contributed by atoms with Crippen molar-refractivity contribution in [1.82, 2.24) is 4.57 Å². The normalized spacial score (nSPS) is 11.7. The van der Waals surface area contributed by atoms with Crippen molar-refractivity contribution in [3.63, 3.8) is 0 Å². The maximum absolute atomic E-state index is 12.5. The van der Waals surface area contributed by atoms with Crippen LogP contribution in [0.1, 0.15) is 23.7 Å². The molecule has 0 unspecified atom stereocenters. The van der Waals surface area contributed by atoms with E-state index in [1.54, 1.807) is 7.11 Å². The topological polar surface area (TPSA) is 86.7 Å². The van der Waals surface area contributed by atoms with Crippen LogP contribution in [0.25, 0.3) is 10.2 Å². The maximum Gasteiger partial charge on any atom is 0.279 e. The van der Waals surface area contributed by atoms with Gasteiger partial charge in [0.15, 0.2) is 4.80 Å². The number of nitrogens with zero attached hydrogens (tertiary/aromatic N) is 3. The molecule has 1 amide bonds. The third kappa shape index (κ3) is 3.50. The number of nitro groups is 1. The second-order valence-electron chi connectivity index (χ2n) is 5.59. The molecule has 0 saturated carbocycles. The largest absolute Gasteiger partial charge is 0.497 e. The number of benzene rings is 2. The highest BCUT2D eigenvalue weighted by Gasteiger charge is 2.13. The van der Waals surface area contributed by atoms with Crippen LogP contribution in [0.4, 0.5) is 5.69 Å². The van der Waals surface area contributed by atoms with Crippen LogP contribution >= 0.6 is 11.3 Å². The van der Waals surface area contributed by atoms with E-state index in [2.05, 4.69) is 4.99 Å². The third-order valence-corrected chi connectivity index (χ3v) is 4.88. The molecule has 8 heteroatoms. The molecule has 7 nitrogen and oxygen atoms in total. The van der Waals surface area contributed by atoms with Gasteiger partial charge in [-0.3, -0.25) is 14.9 Å². The number of rotatable bonds is 5. The number of amides is 1. The Morgan fingerprint density at radius 1 is 1.31 bits per heavy atom. The predicted octanol–water partition coefficient (Wildman–Crippen LogP) is 3.77. The number of carbonyl (C=O) groups is 1. The Labute approximate surface area is 153 Å². The first kappa shape index (κ1) is 17.8. The zero-order valence-electron chi connectivity index (χ0n) is 14.3. The van der Waals surface area contributed by atoms with E-state index in [0.717, 1.165) is 22.4 Å². The van der Waals surface area contributed by atoms with Gasteiger partial charge in [0.2, 0.25) is 0 Å². The summed E-state index contributed by atoms with van der Waals surface area (Å²) in [5, 5.41) is 10.9. The smallest absolute Gasteiger partial charge is 0.279 e. The first-order chi connectivity index (χ1) is 12.5. The number of non-ortho nitro benzene ring substituents is 1. The summed E-state index contributed by atoms with van der Waals surface area (Å²) in [5.41, 5.74) is 1.04. The van der Waals surface area contributed by atoms with E-state index in [4.69, 9.17) is 4.74 Å². The number of aryl methyl sites for hydroxylation is 1. The number of methoxy groups -OCH3 is 1. The fraction of sp³-hybridized carbons (Fsp3) is 0.222. The van der Waals surface area contributed by atoms with E-state index in [-0.39, 0.29) is 11.3 Å². The Morgan fingerprint density at radius 3 is 2.81 bits per heavy atom. The van der Waals surface area contributed by atoms with Gasteiger partial charge in [0, 0.05) is 24.2 Å². The zero-order chi connectivity index (χ0) is 18.7. The quantitative estimate of drug-likeness (QED) is 0.504. The number of thiazole rings is 1. The SMILES string of the molecule is CCCn1c(=NC(=O)c2cccc([N+](=O)[O-])c2)sc2cc(OC)ccc21. The molecule has 0 aliphatic carbocycles. The Morgan fingerprint density at radius 2 is 2.12 bits per heavy atom. The molecule has 0 atom stereocenters. The Hall–Kier alpha value is -3.00. The fourth-order valence-corrected chi connectivity index (χ4v) is 3.69. The van der Waals surface area contributed by atoms with E-state index in [9.17, 15) is 14.9 Å². The molecule has 0 N–H and O–H groups in total. The lowest BCUT2D eigenvalue weighted by Crippen LogP contribution is -2.16. The molecule has 2 aromatic carbocycles. The van der Waals surface area contributed by atoms with E-state index in [1.165, 1.54) is 35.6 Å². The third-order valence-electron chi connectivity index (χ3n) is 3.84. The molecule has 0 spiro atoms. The first-order valence-electron chi connectivity index (χ1n) is 8.04. The molecule has 1 aromatic heterocycles. The van der Waals surface area contributed by atoms with Gasteiger partial charge < -0.3 is 9.30 Å². The van der Waals surface area contributed by atoms with Crippen LogP contribution in [0.15, 0.2) is 47.5 Å². The molecule has 26 heavy (non-hydrogen) atoms. The van der Waals surface area contributed by atoms with Gasteiger partial charge >= 0.3 is 0 Å². The Kier molecular flexibility index (Phi) is 5.13. The number of nitro benzene ring substituents is 1. The highest BCUT2D eigenvalue weighted by molar-refractivity contribution is 7.16. The molecule has 1 heterocycles. The minimum absolute atomic E-state index is 0.131. The van der Waals surface area contributed by atoms with Crippen LogP contribution in [0.2, 0.25) is 0 Å². The highest BCUT2D eigenvalue weighted by atomic mass is 32.1. The molecule has 3 aromatic rings. The average Bonchev–Trinajstić information content (AvgIpc) is 2.98. The predicted molar refractivity (Wildman–Crippen MR) is 99.6 cm³/mol. The summed E-state index contributed by atoms with van der Waals surface area (Å²) < 4.78 is 8.20. The van der Waals surface area contributed by atoms with E-state index >= 15 is 0 Å². The van der Waals surface area contributed by atoms with Crippen molar-refractivity contribution in [2.45, 2.75) is 19.9 Å². The van der Waals surface area contributed by atoms with E-state index in [1.807, 2.05) is 29.7 Å². The van der Waals surface area contributed by atoms with Crippen molar-refractivity contribution in [1.29, 1.82) is 0 Å². The molecule has 3 rings (SSSR count). The summed E-state index contributed by atoms with van der Waals surface area (Å²) >= 11 is 1.39. The van der Waals surface area contributed by atoms with Gasteiger partial charge in [-0.15, -0.1) is 0 Å². The lowest BCUT2D eigenvalue weighted by atomic mass is 10.2. The lowest BCUT2D eigenvalue weighted by molar-refractivity contribution is -0.384. The summed E-state index contributed by atoms with van der Waals surface area (Å²) in [6.07, 6.45) is 0.885. The van der Waals surface area contributed by atoms with Crippen molar-refractivity contribution >= 4 is 33.1 Å². The molecule has 0 bridgehead atoms. The Balaban J connectivity index is 2.10. The number of fused-ring (bicyclic) bond motifs is 1. The van der Waals surface area contributed by atoms with Gasteiger partial charge in [-0.25, -0.2) is 0 Å². The van der Waals surface area contributed by atoms with Crippen LogP contribution in [-0.4, -0.2) is 22.5 Å². The zero-order valence-corrected chi connectivity index (χ0v) is 15.2. The maximum atomic E-state index is 12.5. The minimum atomic E-state index is -0.528. The van der Waals surface area contributed by atoms with Gasteiger partial charge in [-0.2, -0.15) is 4.99 Å². The van der Waals surface area contributed by atoms with E-state index in [0.29, 0.717) is 11.3 Å². The van der Waals surface area contributed by atoms with Crippen molar-refractivity contribution in [3.8, 4) is 5.75 Å². The van der Waals surface area contributed by atoms with Crippen molar-refractivity contribution < 1.29 is 14.5 Å². The van der Waals surface area contributed by atoms with Crippen molar-refractivity contribution in [2.75, 3.05) is 7.11 Å². The highest BCUT2D eigenvalue weighted by Crippen LogP contribution is 2.23. The van der Waals surface area contributed by atoms with Crippen LogP contribution in [0.3, 0.4) is 0 Å². The average molecular weight is 371 g/mol. The standard InChI is InChI=1S/C18H17N3O4S/c1-3-9-20-15-8-7-14(25-2)11-16(15)26-18(20)19-17(22)12-5-4-6-13(10-12)21(23)24/h4-8,10-11H,3,9H2,1-2H3. The molecule has 134 valence electrons. The van der Waals surface area contributed by atoms with Gasteiger partial charge in [0.1, 0.15) is 5.75 Å². The van der Waals surface area contributed by atoms with Gasteiger partial charge in [-0.1, -0.05) is 24.3 Å². The molecule has 0 radical (unpaired) electrons. The molecule has 0 aliphatic heterocycles. The number of carbonyl (C=O) groups excluding carboxylic acids is 1. The lowest BCUT2D eigenvalue weighted by Gasteiger charge is -2.03. The molecular weight excluding hydrogens is 354 g/mol. The van der Waals surface area contributed by atoms with Crippen molar-refractivity contribution in [2.24, 2.45) is 4.99 Å². The van der Waals surface area contributed by atoms with Gasteiger partial charge in [0.05, 0.1) is 22.2 Å². The summed E-state index contributed by atoms with van der Waals surface area (Å²) in [5.74, 6) is 0.232. The second kappa shape index (κ2) is 7.49. The fourth-order valence-electron chi connectivity index (χ4n) is 2.61. The summed E-state index contributed by atoms with van der Waals surface area (Å²) in [6, 6.07) is 11.3. The number of aromatic nitrogens is 1. The number of hydrogen-bond donors (Lipinski definition) is 0. The van der Waals surface area contributed by atoms with Gasteiger partial charge in [0.25, 0.3) is 11.6 Å². The number of ether oxygens (including phenoxy) is 1. The summed E-state index contributed by atoms with van der Waals surface area (Å²) in [6.45, 7) is 2.76. The van der Waals surface area contributed by atoms with Crippen molar-refractivity contribution in [3.05, 3.63) is 62.9 Å². The second-order valence-corrected chi connectivity index (χ2v) is 6.60. The number of hydrogen-bond acceptors (Lipinski definition) is 5. The monoisotopic (exact) mass is 371 g/mol. The van der Waals surface area contributed by atoms with Gasteiger partial charge in [-0.05, 0) is 30.7 Å². The molecular formula is C18H17N3O4S. The van der Waals surface area contributed by atoms with E-state index < -0.39 is 10.8 Å². The minimum Gasteiger partial charge on any atom is -0.497 e. The van der Waals surface area contributed by atoms with Crippen LogP contribution in [0, 0.1) is 10.1 Å². The summed E-state index contributed by atoms with van der Waals surface area (Å²) in [7, 11) is 1.60. The van der Waals surface area contributed by atoms with Crippen LogP contribution in [0.5, 0.6) is 5.75 Å². The molecule has 0 fully saturated rings. The van der Waals surface area contributed by atoms with Crippen LogP contribution in [-0.2, 0) is 6.54 Å². The Bertz CT molecular complexity index is 1050. The molecule has 0 aliphatic rings.